The largest absolute Gasteiger partial charge is 0.301 e. The van der Waals surface area contributed by atoms with Crippen molar-refractivity contribution in [3.05, 3.63) is 59.2 Å². The summed E-state index contributed by atoms with van der Waals surface area (Å²) in [6.07, 6.45) is 0. The fourth-order valence-electron chi connectivity index (χ4n) is 3.59. The van der Waals surface area contributed by atoms with Crippen molar-refractivity contribution in [2.24, 2.45) is 7.05 Å². The van der Waals surface area contributed by atoms with Crippen molar-refractivity contribution in [3.8, 4) is 11.3 Å². The van der Waals surface area contributed by atoms with Gasteiger partial charge in [0.2, 0.25) is 0 Å². The number of aromatic nitrogens is 4. The van der Waals surface area contributed by atoms with Crippen molar-refractivity contribution in [2.45, 2.75) is 6.92 Å². The minimum Gasteiger partial charge on any atom is -0.301 e. The second-order valence-electron chi connectivity index (χ2n) is 6.31. The van der Waals surface area contributed by atoms with E-state index in [1.54, 1.807) is 0 Å². The van der Waals surface area contributed by atoms with Gasteiger partial charge in [0.25, 0.3) is 0 Å². The van der Waals surface area contributed by atoms with Crippen LogP contribution in [0, 0.1) is 6.92 Å². The molecule has 2 aromatic carbocycles. The van der Waals surface area contributed by atoms with E-state index in [2.05, 4.69) is 17.2 Å². The average molecular weight is 347 g/mol. The van der Waals surface area contributed by atoms with E-state index in [1.165, 1.54) is 0 Å². The number of para-hydroxylation sites is 1. The summed E-state index contributed by atoms with van der Waals surface area (Å²) in [5.74, 6) is 0. The number of fused-ring (bicyclic) bond motifs is 5. The number of H-pyrrole nitrogens is 1. The van der Waals surface area contributed by atoms with Crippen molar-refractivity contribution in [2.75, 3.05) is 0 Å². The van der Waals surface area contributed by atoms with Crippen LogP contribution in [0.5, 0.6) is 0 Å². The Bertz CT molecular complexity index is 1260. The Morgan fingerprint density at radius 3 is 2.52 bits per heavy atom. The van der Waals surface area contributed by atoms with Gasteiger partial charge in [-0.05, 0) is 25.1 Å². The fraction of sp³-hybridized carbons (Fsp3) is 0.100. The summed E-state index contributed by atoms with van der Waals surface area (Å²) in [5, 5.41) is 6.35. The molecule has 0 bridgehead atoms. The maximum Gasteiger partial charge on any atom is 0.110 e. The number of halogens is 1. The predicted molar refractivity (Wildman–Crippen MR) is 103 cm³/mol. The van der Waals surface area contributed by atoms with Crippen LogP contribution in [-0.4, -0.2) is 19.7 Å². The van der Waals surface area contributed by atoms with E-state index in [9.17, 15) is 0 Å². The van der Waals surface area contributed by atoms with E-state index in [0.29, 0.717) is 5.02 Å². The van der Waals surface area contributed by atoms with Crippen molar-refractivity contribution < 1.29 is 0 Å². The first-order valence-corrected chi connectivity index (χ1v) is 8.50. The molecule has 4 nitrogen and oxygen atoms in total. The van der Waals surface area contributed by atoms with Gasteiger partial charge in [0.05, 0.1) is 22.4 Å². The minimum atomic E-state index is 0.714. The number of aryl methyl sites for hydroxylation is 2. The van der Waals surface area contributed by atoms with Crippen LogP contribution in [0.15, 0.2) is 48.5 Å². The van der Waals surface area contributed by atoms with Crippen LogP contribution in [0.1, 0.15) is 5.69 Å². The molecule has 0 atom stereocenters. The summed E-state index contributed by atoms with van der Waals surface area (Å²) in [4.78, 5) is 9.85. The molecule has 0 saturated carbocycles. The monoisotopic (exact) mass is 346 g/mol. The van der Waals surface area contributed by atoms with Crippen LogP contribution in [0.25, 0.3) is 44.1 Å². The summed E-state index contributed by atoms with van der Waals surface area (Å²) in [6, 6.07) is 16.0. The Balaban J connectivity index is 2.03. The van der Waals surface area contributed by atoms with Gasteiger partial charge in [-0.1, -0.05) is 41.9 Å². The summed E-state index contributed by atoms with van der Waals surface area (Å²) < 4.78 is 2.03. The maximum atomic E-state index is 6.06. The lowest BCUT2D eigenvalue weighted by Gasteiger charge is -2.05. The molecule has 0 spiro atoms. The maximum absolute atomic E-state index is 6.06. The first-order chi connectivity index (χ1) is 12.1. The number of pyridine rings is 1. The molecule has 122 valence electrons. The molecule has 5 rings (SSSR count). The smallest absolute Gasteiger partial charge is 0.110 e. The lowest BCUT2D eigenvalue weighted by Crippen LogP contribution is -1.92. The fourth-order valence-corrected chi connectivity index (χ4v) is 3.72. The molecule has 0 radical (unpaired) electrons. The van der Waals surface area contributed by atoms with Crippen LogP contribution in [0.3, 0.4) is 0 Å². The summed E-state index contributed by atoms with van der Waals surface area (Å²) in [6.45, 7) is 2.05. The first kappa shape index (κ1) is 14.5. The number of hydrogen-bond donors (Lipinski definition) is 1. The number of rotatable bonds is 1. The zero-order valence-corrected chi connectivity index (χ0v) is 14.6. The van der Waals surface area contributed by atoms with Crippen molar-refractivity contribution >= 4 is 44.4 Å². The molecular weight excluding hydrogens is 332 g/mol. The molecule has 5 aromatic rings. The molecule has 0 aliphatic heterocycles. The normalized spacial score (nSPS) is 11.8. The molecule has 1 N–H and O–H groups in total. The molecule has 0 aliphatic rings. The molecule has 0 aliphatic carbocycles. The van der Waals surface area contributed by atoms with E-state index in [4.69, 9.17) is 21.6 Å². The molecule has 0 saturated heterocycles. The lowest BCUT2D eigenvalue weighted by molar-refractivity contribution is 0.785. The molecular formula is C20H15ClN4. The van der Waals surface area contributed by atoms with Gasteiger partial charge in [-0.25, -0.2) is 9.97 Å². The van der Waals surface area contributed by atoms with Crippen molar-refractivity contribution in [1.82, 2.24) is 19.7 Å². The average Bonchev–Trinajstić information content (AvgIpc) is 3.12. The number of nitrogens with one attached hydrogen (secondary N) is 1. The highest BCUT2D eigenvalue weighted by molar-refractivity contribution is 6.30. The third kappa shape index (κ3) is 2.01. The van der Waals surface area contributed by atoms with E-state index in [-0.39, 0.29) is 0 Å². The first-order valence-electron chi connectivity index (χ1n) is 8.13. The van der Waals surface area contributed by atoms with Gasteiger partial charge < -0.3 is 5.10 Å². The Kier molecular flexibility index (Phi) is 2.94. The topological polar surface area (TPSA) is 46.5 Å². The van der Waals surface area contributed by atoms with Gasteiger partial charge in [0.1, 0.15) is 11.0 Å². The highest BCUT2D eigenvalue weighted by atomic mass is 35.5. The van der Waals surface area contributed by atoms with Crippen LogP contribution in [0.2, 0.25) is 5.02 Å². The predicted octanol–water partition coefficient (Wildman–Crippen LogP) is 5.23. The third-order valence-corrected chi connectivity index (χ3v) is 4.95. The van der Waals surface area contributed by atoms with Gasteiger partial charge in [-0.2, -0.15) is 0 Å². The Morgan fingerprint density at radius 2 is 1.72 bits per heavy atom. The molecule has 3 heterocycles. The van der Waals surface area contributed by atoms with Crippen LogP contribution in [0.4, 0.5) is 0 Å². The third-order valence-electron chi connectivity index (χ3n) is 4.70. The summed E-state index contributed by atoms with van der Waals surface area (Å²) in [7, 11) is 2.01. The van der Waals surface area contributed by atoms with E-state index < -0.39 is 0 Å². The van der Waals surface area contributed by atoms with Gasteiger partial charge >= 0.3 is 0 Å². The SMILES string of the molecule is Cc1[nH]n(C)c2c1nc(-c1ccc(Cl)cc1)c1nc3ccccc3c12. The summed E-state index contributed by atoms with van der Waals surface area (Å²) >= 11 is 6.06. The van der Waals surface area contributed by atoms with Crippen molar-refractivity contribution in [3.63, 3.8) is 0 Å². The van der Waals surface area contributed by atoms with E-state index >= 15 is 0 Å². The molecule has 0 fully saturated rings. The highest BCUT2D eigenvalue weighted by Crippen LogP contribution is 2.37. The van der Waals surface area contributed by atoms with Crippen LogP contribution < -0.4 is 0 Å². The Hall–Kier alpha value is -2.85. The quantitative estimate of drug-likeness (QED) is 0.451. The number of aromatic amines is 1. The highest BCUT2D eigenvalue weighted by Gasteiger charge is 2.19. The zero-order chi connectivity index (χ0) is 17.1. The van der Waals surface area contributed by atoms with Gasteiger partial charge in [0.15, 0.2) is 0 Å². The molecule has 25 heavy (non-hydrogen) atoms. The molecule has 3 aromatic heterocycles. The van der Waals surface area contributed by atoms with Gasteiger partial charge in [-0.15, -0.1) is 0 Å². The molecule has 0 amide bonds. The second-order valence-corrected chi connectivity index (χ2v) is 6.75. The van der Waals surface area contributed by atoms with Crippen LogP contribution >= 0.6 is 11.6 Å². The van der Waals surface area contributed by atoms with Crippen molar-refractivity contribution in [1.29, 1.82) is 0 Å². The lowest BCUT2D eigenvalue weighted by atomic mass is 10.1. The minimum absolute atomic E-state index is 0.714. The zero-order valence-electron chi connectivity index (χ0n) is 13.8. The molecule has 0 unspecified atom stereocenters. The van der Waals surface area contributed by atoms with Gasteiger partial charge in [-0.3, -0.25) is 4.68 Å². The molecule has 5 heteroatoms. The number of hydrogen-bond acceptors (Lipinski definition) is 2. The standard InChI is InChI=1S/C20H15ClN4/c1-11-17-20(25(2)24-11)16-14-5-3-4-6-15(14)22-19(16)18(23-17)12-7-9-13(21)10-8-12/h3-10,24H,1-2H3. The number of nitrogens with zero attached hydrogens (tertiary/aromatic N) is 3. The summed E-state index contributed by atoms with van der Waals surface area (Å²) in [5.41, 5.74) is 6.91. The Morgan fingerprint density at radius 1 is 0.960 bits per heavy atom. The van der Waals surface area contributed by atoms with E-state index in [0.717, 1.165) is 49.8 Å². The van der Waals surface area contributed by atoms with Crippen LogP contribution in [-0.2, 0) is 7.05 Å². The van der Waals surface area contributed by atoms with E-state index in [1.807, 2.05) is 55.1 Å². The second kappa shape index (κ2) is 5.07. The number of benzene rings is 2. The Labute approximate surface area is 149 Å². The van der Waals surface area contributed by atoms with Gasteiger partial charge in [0, 0.05) is 28.4 Å².